The van der Waals surface area contributed by atoms with Gasteiger partial charge in [0, 0.05) is 32.8 Å². The van der Waals surface area contributed by atoms with Crippen LogP contribution in [0, 0.1) is 10.5 Å². The lowest BCUT2D eigenvalue weighted by atomic mass is 10.1. The number of methoxy groups -OCH3 is 1. The Morgan fingerprint density at radius 1 is 0.970 bits per heavy atom. The molecule has 5 rings (SSSR count). The first-order valence-electron chi connectivity index (χ1n) is 10.6. The van der Waals surface area contributed by atoms with Crippen LogP contribution in [0.25, 0.3) is 39.6 Å². The molecule has 2 heterocycles. The van der Waals surface area contributed by atoms with Crippen molar-refractivity contribution < 1.29 is 4.74 Å². The van der Waals surface area contributed by atoms with E-state index in [1.807, 2.05) is 60.7 Å². The second-order valence-corrected chi connectivity index (χ2v) is 9.12. The number of fused-ring (bicyclic) bond motifs is 2. The zero-order valence-electron chi connectivity index (χ0n) is 18.5. The third kappa shape index (κ3) is 3.74. The minimum Gasteiger partial charge on any atom is -0.497 e. The average molecular weight is 547 g/mol. The Labute approximate surface area is 205 Å². The van der Waals surface area contributed by atoms with E-state index in [4.69, 9.17) is 9.72 Å². The molecule has 0 aliphatic heterocycles. The molecule has 0 atom stereocenters. The number of rotatable bonds is 4. The van der Waals surface area contributed by atoms with Crippen LogP contribution in [-0.4, -0.2) is 21.2 Å². The molecule has 5 aromatic rings. The van der Waals surface area contributed by atoms with Gasteiger partial charge in [-0.05, 0) is 90.2 Å². The highest BCUT2D eigenvalue weighted by atomic mass is 127. The smallest absolute Gasteiger partial charge is 0.266 e. The summed E-state index contributed by atoms with van der Waals surface area (Å²) in [5.41, 5.74) is 4.76. The summed E-state index contributed by atoms with van der Waals surface area (Å²) < 4.78 is 10.1. The second kappa shape index (κ2) is 8.51. The molecule has 0 saturated carbocycles. The molecule has 3 aromatic carbocycles. The first kappa shape index (κ1) is 21.5. The Hall–Kier alpha value is -3.39. The molecule has 0 saturated heterocycles. The number of benzene rings is 3. The molecule has 0 amide bonds. The predicted molar refractivity (Wildman–Crippen MR) is 143 cm³/mol. The third-order valence-electron chi connectivity index (χ3n) is 6.03. The molecule has 0 spiro atoms. The van der Waals surface area contributed by atoms with Crippen LogP contribution in [0.5, 0.6) is 5.75 Å². The fraction of sp³-hybridized carbons (Fsp3) is 0.111. The van der Waals surface area contributed by atoms with E-state index >= 15 is 0 Å². The van der Waals surface area contributed by atoms with Crippen LogP contribution < -0.4 is 10.3 Å². The largest absolute Gasteiger partial charge is 0.497 e. The summed E-state index contributed by atoms with van der Waals surface area (Å²) in [4.78, 5) is 18.5. The van der Waals surface area contributed by atoms with Crippen LogP contribution in [0.3, 0.4) is 0 Å². The third-order valence-corrected chi connectivity index (χ3v) is 6.71. The number of hydrogen-bond acceptors (Lipinski definition) is 3. The van der Waals surface area contributed by atoms with E-state index in [0.29, 0.717) is 16.7 Å². The van der Waals surface area contributed by atoms with Crippen molar-refractivity contribution in [1.82, 2.24) is 14.1 Å². The molecule has 0 aliphatic rings. The van der Waals surface area contributed by atoms with Crippen molar-refractivity contribution in [2.45, 2.75) is 6.92 Å². The fourth-order valence-corrected chi connectivity index (χ4v) is 4.68. The summed E-state index contributed by atoms with van der Waals surface area (Å²) in [6.45, 7) is 2.10. The fourth-order valence-electron chi connectivity index (χ4n) is 4.19. The van der Waals surface area contributed by atoms with Gasteiger partial charge in [0.15, 0.2) is 0 Å². The maximum atomic E-state index is 13.6. The highest BCUT2D eigenvalue weighted by Crippen LogP contribution is 2.27. The highest BCUT2D eigenvalue weighted by molar-refractivity contribution is 14.1. The lowest BCUT2D eigenvalue weighted by Gasteiger charge is -2.12. The highest BCUT2D eigenvalue weighted by Gasteiger charge is 2.13. The minimum absolute atomic E-state index is 0.0991. The van der Waals surface area contributed by atoms with Crippen LogP contribution in [0.4, 0.5) is 0 Å². The molecule has 6 heteroatoms. The Morgan fingerprint density at radius 2 is 1.73 bits per heavy atom. The summed E-state index contributed by atoms with van der Waals surface area (Å²) >= 11 is 2.22. The maximum Gasteiger partial charge on any atom is 0.266 e. The van der Waals surface area contributed by atoms with Gasteiger partial charge < -0.3 is 9.30 Å². The summed E-state index contributed by atoms with van der Waals surface area (Å²) in [5.74, 6) is 1.31. The topological polar surface area (TPSA) is 49.0 Å². The Morgan fingerprint density at radius 3 is 2.48 bits per heavy atom. The van der Waals surface area contributed by atoms with Gasteiger partial charge in [0.05, 0.1) is 23.7 Å². The van der Waals surface area contributed by atoms with E-state index in [2.05, 4.69) is 59.3 Å². The van der Waals surface area contributed by atoms with Gasteiger partial charge in [-0.15, -0.1) is 0 Å². The summed E-state index contributed by atoms with van der Waals surface area (Å²) in [7, 11) is 3.69. The van der Waals surface area contributed by atoms with E-state index < -0.39 is 0 Å². The summed E-state index contributed by atoms with van der Waals surface area (Å²) in [6.07, 6.45) is 3.98. The lowest BCUT2D eigenvalue weighted by molar-refractivity contribution is 0.414. The van der Waals surface area contributed by atoms with Gasteiger partial charge in [0.1, 0.15) is 11.6 Å². The maximum absolute atomic E-state index is 13.6. The van der Waals surface area contributed by atoms with Gasteiger partial charge in [-0.2, -0.15) is 0 Å². The zero-order chi connectivity index (χ0) is 23.1. The molecule has 0 N–H and O–H groups in total. The number of aromatic nitrogens is 3. The molecular weight excluding hydrogens is 525 g/mol. The number of hydrogen-bond donors (Lipinski definition) is 0. The number of halogens is 1. The van der Waals surface area contributed by atoms with E-state index in [1.54, 1.807) is 11.7 Å². The van der Waals surface area contributed by atoms with Crippen molar-refractivity contribution in [3.05, 3.63) is 97.7 Å². The van der Waals surface area contributed by atoms with E-state index in [9.17, 15) is 4.79 Å². The zero-order valence-corrected chi connectivity index (χ0v) is 20.7. The molecule has 0 bridgehead atoms. The van der Waals surface area contributed by atoms with Gasteiger partial charge in [0.2, 0.25) is 0 Å². The van der Waals surface area contributed by atoms with Crippen LogP contribution in [-0.2, 0) is 7.05 Å². The summed E-state index contributed by atoms with van der Waals surface area (Å²) in [5, 5.41) is 1.76. The molecular formula is C27H22IN3O2. The summed E-state index contributed by atoms with van der Waals surface area (Å²) in [6, 6.07) is 21.5. The lowest BCUT2D eigenvalue weighted by Crippen LogP contribution is -2.22. The van der Waals surface area contributed by atoms with Crippen molar-refractivity contribution in [2.24, 2.45) is 7.05 Å². The Bertz CT molecular complexity index is 1590. The molecule has 0 unspecified atom stereocenters. The predicted octanol–water partition coefficient (Wildman–Crippen LogP) is 5.97. The standard InChI is InChI=1S/C27H22IN3O2/c1-17-21(22-6-4-5-7-25(22)30(17)2)13-15-26-29-24-14-8-18(28)16-23(24)27(32)31(26)19-9-11-20(33-3)12-10-19/h4-16H,1-3H3/b15-13+. The molecule has 0 radical (unpaired) electrons. The van der Waals surface area contributed by atoms with Crippen LogP contribution in [0.2, 0.25) is 0 Å². The number of para-hydroxylation sites is 1. The van der Waals surface area contributed by atoms with E-state index in [0.717, 1.165) is 26.3 Å². The van der Waals surface area contributed by atoms with Crippen molar-refractivity contribution in [2.75, 3.05) is 7.11 Å². The Balaban J connectivity index is 1.75. The number of nitrogens with zero attached hydrogens (tertiary/aromatic N) is 3. The van der Waals surface area contributed by atoms with Crippen LogP contribution >= 0.6 is 22.6 Å². The van der Waals surface area contributed by atoms with Crippen LogP contribution in [0.1, 0.15) is 17.1 Å². The van der Waals surface area contributed by atoms with Crippen LogP contribution in [0.15, 0.2) is 71.5 Å². The van der Waals surface area contributed by atoms with Gasteiger partial charge in [-0.25, -0.2) is 4.98 Å². The van der Waals surface area contributed by atoms with Gasteiger partial charge in [-0.1, -0.05) is 18.2 Å². The van der Waals surface area contributed by atoms with Crippen molar-refractivity contribution in [3.8, 4) is 11.4 Å². The van der Waals surface area contributed by atoms with Crippen molar-refractivity contribution >= 4 is 56.5 Å². The van der Waals surface area contributed by atoms with Crippen molar-refractivity contribution in [3.63, 3.8) is 0 Å². The number of aryl methyl sites for hydroxylation is 1. The number of ether oxygens (including phenoxy) is 1. The first-order valence-corrected chi connectivity index (χ1v) is 11.6. The monoisotopic (exact) mass is 547 g/mol. The minimum atomic E-state index is -0.0991. The van der Waals surface area contributed by atoms with Crippen molar-refractivity contribution in [1.29, 1.82) is 0 Å². The molecule has 2 aromatic heterocycles. The van der Waals surface area contributed by atoms with E-state index in [-0.39, 0.29) is 5.56 Å². The van der Waals surface area contributed by atoms with Gasteiger partial charge in [0.25, 0.3) is 5.56 Å². The normalized spacial score (nSPS) is 11.6. The molecule has 0 fully saturated rings. The first-order chi connectivity index (χ1) is 16.0. The average Bonchev–Trinajstić information content (AvgIpc) is 3.08. The molecule has 33 heavy (non-hydrogen) atoms. The SMILES string of the molecule is COc1ccc(-n2c(/C=C/c3c(C)n(C)c4ccccc34)nc3ccc(I)cc3c2=O)cc1. The van der Waals surface area contributed by atoms with Gasteiger partial charge in [-0.3, -0.25) is 9.36 Å². The quantitative estimate of drug-likeness (QED) is 0.261. The second-order valence-electron chi connectivity index (χ2n) is 7.88. The molecule has 0 aliphatic carbocycles. The van der Waals surface area contributed by atoms with E-state index in [1.165, 1.54) is 10.9 Å². The molecule has 5 nitrogen and oxygen atoms in total. The molecule has 164 valence electrons. The van der Waals surface area contributed by atoms with Gasteiger partial charge >= 0.3 is 0 Å². The Kier molecular flexibility index (Phi) is 5.54.